The van der Waals surface area contributed by atoms with Gasteiger partial charge >= 0.3 is 0 Å². The van der Waals surface area contributed by atoms with Gasteiger partial charge in [-0.25, -0.2) is 4.98 Å². The monoisotopic (exact) mass is 480 g/mol. The van der Waals surface area contributed by atoms with Gasteiger partial charge in [-0.15, -0.1) is 0 Å². The van der Waals surface area contributed by atoms with Crippen LogP contribution in [0, 0.1) is 0 Å². The van der Waals surface area contributed by atoms with Crippen LogP contribution in [0.1, 0.15) is 43.5 Å². The highest BCUT2D eigenvalue weighted by Crippen LogP contribution is 2.42. The number of piperazine rings is 1. The summed E-state index contributed by atoms with van der Waals surface area (Å²) >= 11 is 0. The molecule has 2 aliphatic heterocycles. The average Bonchev–Trinajstić information content (AvgIpc) is 3.49. The van der Waals surface area contributed by atoms with E-state index in [1.54, 1.807) is 0 Å². The van der Waals surface area contributed by atoms with Crippen molar-refractivity contribution in [3.8, 4) is 11.4 Å². The molecule has 3 heterocycles. The standard InChI is InChI=1S/C30H36N6/c1-5-20(2)21-6-8-22(9-7-21)29-31-25-12-10-23(18-27(25)32-29)30-33-26-13-11-24(19-28(26)35(30)4)36-16-14-34(3)15-17-36/h6-13,18-20,30,33H,5,14-17H2,1-4H3,(H,31,32). The van der Waals surface area contributed by atoms with Crippen LogP contribution in [0.2, 0.25) is 0 Å². The van der Waals surface area contributed by atoms with Crippen LogP contribution in [0.15, 0.2) is 60.7 Å². The van der Waals surface area contributed by atoms with Crippen LogP contribution in [0.5, 0.6) is 0 Å². The number of hydrogen-bond acceptors (Lipinski definition) is 5. The molecule has 2 unspecified atom stereocenters. The molecular formula is C30H36N6. The van der Waals surface area contributed by atoms with E-state index in [1.807, 2.05) is 0 Å². The molecule has 0 amide bonds. The summed E-state index contributed by atoms with van der Waals surface area (Å²) in [4.78, 5) is 15.7. The van der Waals surface area contributed by atoms with Crippen molar-refractivity contribution in [2.24, 2.45) is 0 Å². The van der Waals surface area contributed by atoms with Crippen molar-refractivity contribution in [3.63, 3.8) is 0 Å². The van der Waals surface area contributed by atoms with Crippen molar-refractivity contribution in [1.29, 1.82) is 0 Å². The molecule has 6 rings (SSSR count). The maximum Gasteiger partial charge on any atom is 0.138 e. The van der Waals surface area contributed by atoms with Crippen LogP contribution in [-0.2, 0) is 0 Å². The van der Waals surface area contributed by atoms with Gasteiger partial charge in [0.1, 0.15) is 12.0 Å². The van der Waals surface area contributed by atoms with Gasteiger partial charge < -0.3 is 25.0 Å². The fourth-order valence-electron chi connectivity index (χ4n) is 5.42. The number of aromatic amines is 1. The molecule has 0 radical (unpaired) electrons. The van der Waals surface area contributed by atoms with Crippen molar-refractivity contribution in [3.05, 3.63) is 71.8 Å². The van der Waals surface area contributed by atoms with E-state index in [0.29, 0.717) is 5.92 Å². The zero-order valence-corrected chi connectivity index (χ0v) is 21.8. The van der Waals surface area contributed by atoms with Crippen molar-refractivity contribution >= 4 is 28.1 Å². The van der Waals surface area contributed by atoms with Gasteiger partial charge in [-0.1, -0.05) is 44.2 Å². The van der Waals surface area contributed by atoms with Crippen LogP contribution >= 0.6 is 0 Å². The van der Waals surface area contributed by atoms with Crippen LogP contribution in [-0.4, -0.2) is 55.1 Å². The molecule has 1 fully saturated rings. The second-order valence-electron chi connectivity index (χ2n) is 10.4. The van der Waals surface area contributed by atoms with E-state index in [9.17, 15) is 0 Å². The Kier molecular flexibility index (Phi) is 5.84. The number of nitrogens with zero attached hydrogens (tertiary/aromatic N) is 4. The van der Waals surface area contributed by atoms with Crippen molar-refractivity contribution < 1.29 is 0 Å². The van der Waals surface area contributed by atoms with E-state index < -0.39 is 0 Å². The van der Waals surface area contributed by atoms with Gasteiger partial charge in [0.2, 0.25) is 0 Å². The van der Waals surface area contributed by atoms with Crippen LogP contribution < -0.4 is 15.1 Å². The second kappa shape index (κ2) is 9.17. The van der Waals surface area contributed by atoms with Crippen molar-refractivity contribution in [1.82, 2.24) is 14.9 Å². The average molecular weight is 481 g/mol. The summed E-state index contributed by atoms with van der Waals surface area (Å²) in [6.07, 6.45) is 1.24. The van der Waals surface area contributed by atoms with Crippen LogP contribution in [0.4, 0.5) is 17.1 Å². The predicted octanol–water partition coefficient (Wildman–Crippen LogP) is 6.06. The molecule has 0 aliphatic carbocycles. The summed E-state index contributed by atoms with van der Waals surface area (Å²) in [5.74, 6) is 1.50. The lowest BCUT2D eigenvalue weighted by molar-refractivity contribution is 0.313. The maximum absolute atomic E-state index is 4.87. The van der Waals surface area contributed by atoms with Gasteiger partial charge in [0.05, 0.1) is 22.4 Å². The Bertz CT molecular complexity index is 1370. The Morgan fingerprint density at radius 1 is 0.944 bits per heavy atom. The van der Waals surface area contributed by atoms with E-state index in [1.165, 1.54) is 28.2 Å². The number of fused-ring (bicyclic) bond motifs is 2. The number of nitrogens with one attached hydrogen (secondary N) is 2. The molecule has 1 saturated heterocycles. The minimum atomic E-state index is 0.0914. The Morgan fingerprint density at radius 3 is 2.47 bits per heavy atom. The highest BCUT2D eigenvalue weighted by atomic mass is 15.3. The van der Waals surface area contributed by atoms with Gasteiger partial charge in [-0.05, 0) is 60.8 Å². The summed E-state index contributed by atoms with van der Waals surface area (Å²) in [6, 6.07) is 22.2. The van der Waals surface area contributed by atoms with Crippen molar-refractivity contribution in [2.45, 2.75) is 32.4 Å². The zero-order valence-electron chi connectivity index (χ0n) is 21.8. The van der Waals surface area contributed by atoms with E-state index >= 15 is 0 Å². The first-order valence-electron chi connectivity index (χ1n) is 13.2. The maximum atomic E-state index is 4.87. The number of imidazole rings is 1. The first kappa shape index (κ1) is 22.9. The molecule has 2 aliphatic rings. The Labute approximate surface area is 213 Å². The lowest BCUT2D eigenvalue weighted by Crippen LogP contribution is -2.44. The molecule has 3 aromatic carbocycles. The number of H-pyrrole nitrogens is 1. The number of rotatable bonds is 5. The molecule has 2 atom stereocenters. The van der Waals surface area contributed by atoms with Gasteiger partial charge in [0.15, 0.2) is 0 Å². The number of aromatic nitrogens is 2. The van der Waals surface area contributed by atoms with Gasteiger partial charge in [0.25, 0.3) is 0 Å². The molecular weight excluding hydrogens is 444 g/mol. The minimum Gasteiger partial charge on any atom is -0.369 e. The number of hydrogen-bond donors (Lipinski definition) is 2. The predicted molar refractivity (Wildman–Crippen MR) is 151 cm³/mol. The Hall–Kier alpha value is -3.51. The third kappa shape index (κ3) is 4.09. The molecule has 6 nitrogen and oxygen atoms in total. The molecule has 36 heavy (non-hydrogen) atoms. The molecule has 6 heteroatoms. The van der Waals surface area contributed by atoms with Gasteiger partial charge in [0, 0.05) is 44.5 Å². The Morgan fingerprint density at radius 2 is 1.72 bits per heavy atom. The van der Waals surface area contributed by atoms with Gasteiger partial charge in [-0.2, -0.15) is 0 Å². The summed E-state index contributed by atoms with van der Waals surface area (Å²) in [7, 11) is 4.38. The topological polar surface area (TPSA) is 50.4 Å². The molecule has 4 aromatic rings. The fourth-order valence-corrected chi connectivity index (χ4v) is 5.42. The lowest BCUT2D eigenvalue weighted by Gasteiger charge is -2.34. The smallest absolute Gasteiger partial charge is 0.138 e. The van der Waals surface area contributed by atoms with E-state index in [0.717, 1.165) is 55.0 Å². The van der Waals surface area contributed by atoms with Gasteiger partial charge in [-0.3, -0.25) is 0 Å². The third-order valence-electron chi connectivity index (χ3n) is 8.10. The molecule has 0 spiro atoms. The molecule has 2 N–H and O–H groups in total. The van der Waals surface area contributed by atoms with E-state index in [-0.39, 0.29) is 6.17 Å². The van der Waals surface area contributed by atoms with Crippen LogP contribution in [0.3, 0.4) is 0 Å². The number of benzene rings is 3. The van der Waals surface area contributed by atoms with E-state index in [2.05, 4.69) is 114 Å². The van der Waals surface area contributed by atoms with Crippen LogP contribution in [0.25, 0.3) is 22.4 Å². The number of anilines is 3. The molecule has 186 valence electrons. The zero-order chi connectivity index (χ0) is 24.8. The summed E-state index contributed by atoms with van der Waals surface area (Å²) in [6.45, 7) is 8.89. The molecule has 1 aromatic heterocycles. The first-order valence-corrected chi connectivity index (χ1v) is 13.2. The minimum absolute atomic E-state index is 0.0914. The lowest BCUT2D eigenvalue weighted by atomic mass is 9.97. The number of likely N-dealkylation sites (N-methyl/N-ethyl adjacent to an activating group) is 1. The first-order chi connectivity index (χ1) is 17.5. The molecule has 0 bridgehead atoms. The fraction of sp³-hybridized carbons (Fsp3) is 0.367. The highest BCUT2D eigenvalue weighted by Gasteiger charge is 2.28. The van der Waals surface area contributed by atoms with E-state index in [4.69, 9.17) is 4.98 Å². The summed E-state index contributed by atoms with van der Waals surface area (Å²) in [5, 5.41) is 3.73. The Balaban J connectivity index is 1.24. The summed E-state index contributed by atoms with van der Waals surface area (Å²) in [5.41, 5.74) is 9.54. The molecule has 0 saturated carbocycles. The quantitative estimate of drug-likeness (QED) is 0.364. The highest BCUT2D eigenvalue weighted by molar-refractivity contribution is 5.83. The SMILES string of the molecule is CCC(C)c1ccc(-c2nc3ccc(C4Nc5ccc(N6CCN(C)CC6)cc5N4C)cc3[nH]2)cc1. The largest absolute Gasteiger partial charge is 0.369 e. The second-order valence-corrected chi connectivity index (χ2v) is 10.4. The normalized spacial score (nSPS) is 18.9. The summed E-state index contributed by atoms with van der Waals surface area (Å²) < 4.78 is 0. The van der Waals surface area contributed by atoms with Crippen molar-refractivity contribution in [2.75, 3.05) is 55.4 Å². The third-order valence-corrected chi connectivity index (χ3v) is 8.10.